The van der Waals surface area contributed by atoms with E-state index in [1.807, 2.05) is 12.1 Å². The fourth-order valence-corrected chi connectivity index (χ4v) is 1.99. The van der Waals surface area contributed by atoms with Crippen LogP contribution in [0.2, 0.25) is 15.1 Å². The van der Waals surface area contributed by atoms with Gasteiger partial charge in [-0.2, -0.15) is 0 Å². The van der Waals surface area contributed by atoms with Crippen LogP contribution in [0, 0.1) is 0 Å². The Labute approximate surface area is 108 Å². The Kier molecular flexibility index (Phi) is 3.29. The van der Waals surface area contributed by atoms with Crippen molar-refractivity contribution in [1.29, 1.82) is 0 Å². The molecule has 0 bridgehead atoms. The number of hydrogen-bond donors (Lipinski definition) is 1. The molecule has 0 aliphatic carbocycles. The molecule has 16 heavy (non-hydrogen) atoms. The van der Waals surface area contributed by atoms with Gasteiger partial charge in [-0.05, 0) is 23.8 Å². The van der Waals surface area contributed by atoms with E-state index in [9.17, 15) is 5.11 Å². The van der Waals surface area contributed by atoms with Crippen molar-refractivity contribution in [2.24, 2.45) is 0 Å². The zero-order valence-corrected chi connectivity index (χ0v) is 10.3. The van der Waals surface area contributed by atoms with Crippen molar-refractivity contribution >= 4 is 34.8 Å². The van der Waals surface area contributed by atoms with Gasteiger partial charge in [0.25, 0.3) is 0 Å². The fourth-order valence-electron chi connectivity index (χ4n) is 1.40. The van der Waals surface area contributed by atoms with Gasteiger partial charge in [0.15, 0.2) is 0 Å². The Morgan fingerprint density at radius 3 is 2.31 bits per heavy atom. The van der Waals surface area contributed by atoms with Gasteiger partial charge in [-0.25, -0.2) is 0 Å². The van der Waals surface area contributed by atoms with E-state index < -0.39 is 0 Å². The molecule has 2 aromatic carbocycles. The molecule has 0 heterocycles. The van der Waals surface area contributed by atoms with Crippen molar-refractivity contribution < 1.29 is 5.11 Å². The van der Waals surface area contributed by atoms with E-state index in [0.29, 0.717) is 10.0 Å². The first-order valence-corrected chi connectivity index (χ1v) is 5.66. The molecule has 0 amide bonds. The molecule has 4 heteroatoms. The first-order chi connectivity index (χ1) is 7.59. The summed E-state index contributed by atoms with van der Waals surface area (Å²) >= 11 is 17.8. The largest absolute Gasteiger partial charge is 0.506 e. The molecule has 2 aromatic rings. The maximum Gasteiger partial charge on any atom is 0.134 e. The van der Waals surface area contributed by atoms with E-state index in [0.717, 1.165) is 11.1 Å². The number of phenolic OH excluding ortho intramolecular Hbond substituents is 1. The highest BCUT2D eigenvalue weighted by Crippen LogP contribution is 2.36. The van der Waals surface area contributed by atoms with Gasteiger partial charge in [-0.15, -0.1) is 0 Å². The average molecular weight is 274 g/mol. The molecular formula is C12H7Cl3O. The minimum Gasteiger partial charge on any atom is -0.506 e. The van der Waals surface area contributed by atoms with Crippen LogP contribution in [0.25, 0.3) is 11.1 Å². The van der Waals surface area contributed by atoms with Crippen molar-refractivity contribution in [1.82, 2.24) is 0 Å². The van der Waals surface area contributed by atoms with Crippen LogP contribution in [0.1, 0.15) is 0 Å². The molecule has 0 saturated heterocycles. The van der Waals surface area contributed by atoms with Gasteiger partial charge in [0.1, 0.15) is 5.75 Å². The lowest BCUT2D eigenvalue weighted by molar-refractivity contribution is 0.475. The second-order valence-electron chi connectivity index (χ2n) is 3.27. The molecular weight excluding hydrogens is 266 g/mol. The fraction of sp³-hybridized carbons (Fsp3) is 0. The number of benzene rings is 2. The molecule has 0 unspecified atom stereocenters. The highest BCUT2D eigenvalue weighted by atomic mass is 35.5. The van der Waals surface area contributed by atoms with Crippen LogP contribution >= 0.6 is 34.8 Å². The van der Waals surface area contributed by atoms with Crippen molar-refractivity contribution in [2.45, 2.75) is 0 Å². The van der Waals surface area contributed by atoms with Gasteiger partial charge < -0.3 is 5.11 Å². The second kappa shape index (κ2) is 4.54. The number of phenols is 1. The molecule has 0 atom stereocenters. The van der Waals surface area contributed by atoms with Crippen LogP contribution in [0.3, 0.4) is 0 Å². The summed E-state index contributed by atoms with van der Waals surface area (Å²) in [6, 6.07) is 10.3. The molecule has 1 nitrogen and oxygen atoms in total. The van der Waals surface area contributed by atoms with Crippen LogP contribution in [-0.2, 0) is 0 Å². The van der Waals surface area contributed by atoms with Crippen LogP contribution < -0.4 is 0 Å². The molecule has 0 fully saturated rings. The summed E-state index contributed by atoms with van der Waals surface area (Å²) in [7, 11) is 0. The Bertz CT molecular complexity index is 538. The molecule has 0 aliphatic heterocycles. The topological polar surface area (TPSA) is 20.2 Å². The van der Waals surface area contributed by atoms with Crippen molar-refractivity contribution in [3.05, 3.63) is 51.5 Å². The third-order valence-corrected chi connectivity index (χ3v) is 3.33. The first-order valence-electron chi connectivity index (χ1n) is 4.52. The van der Waals surface area contributed by atoms with E-state index in [4.69, 9.17) is 34.8 Å². The lowest BCUT2D eigenvalue weighted by Crippen LogP contribution is -1.81. The Balaban J connectivity index is 2.59. The molecule has 1 N–H and O–H groups in total. The predicted molar refractivity (Wildman–Crippen MR) is 68.6 cm³/mol. The Hall–Kier alpha value is -0.890. The van der Waals surface area contributed by atoms with Gasteiger partial charge in [0, 0.05) is 5.56 Å². The van der Waals surface area contributed by atoms with E-state index in [2.05, 4.69) is 0 Å². The van der Waals surface area contributed by atoms with Crippen LogP contribution in [-0.4, -0.2) is 5.11 Å². The van der Waals surface area contributed by atoms with E-state index in [-0.39, 0.29) is 10.8 Å². The molecule has 0 aliphatic rings. The zero-order chi connectivity index (χ0) is 11.7. The predicted octanol–water partition coefficient (Wildman–Crippen LogP) is 5.02. The van der Waals surface area contributed by atoms with Crippen LogP contribution in [0.15, 0.2) is 36.4 Å². The maximum atomic E-state index is 9.32. The van der Waals surface area contributed by atoms with Gasteiger partial charge >= 0.3 is 0 Å². The Morgan fingerprint density at radius 1 is 0.875 bits per heavy atom. The zero-order valence-electron chi connectivity index (χ0n) is 8.05. The van der Waals surface area contributed by atoms with Crippen molar-refractivity contribution in [3.63, 3.8) is 0 Å². The summed E-state index contributed by atoms with van der Waals surface area (Å²) in [4.78, 5) is 0. The third kappa shape index (κ3) is 2.12. The second-order valence-corrected chi connectivity index (χ2v) is 4.46. The molecule has 0 saturated carbocycles. The van der Waals surface area contributed by atoms with Gasteiger partial charge in [-0.1, -0.05) is 53.0 Å². The van der Waals surface area contributed by atoms with Crippen molar-refractivity contribution in [2.75, 3.05) is 0 Å². The van der Waals surface area contributed by atoms with Crippen molar-refractivity contribution in [3.8, 4) is 16.9 Å². The monoisotopic (exact) mass is 272 g/mol. The molecule has 0 aromatic heterocycles. The number of aromatic hydroxyl groups is 1. The highest BCUT2D eigenvalue weighted by molar-refractivity contribution is 6.43. The van der Waals surface area contributed by atoms with Gasteiger partial charge in [-0.3, -0.25) is 0 Å². The van der Waals surface area contributed by atoms with Crippen LogP contribution in [0.4, 0.5) is 0 Å². The lowest BCUT2D eigenvalue weighted by Gasteiger charge is -2.07. The number of rotatable bonds is 1. The third-order valence-electron chi connectivity index (χ3n) is 2.21. The SMILES string of the molecule is Oc1ccc(-c2cccc(Cl)c2Cl)cc1Cl. The van der Waals surface area contributed by atoms with E-state index in [1.165, 1.54) is 6.07 Å². The van der Waals surface area contributed by atoms with Gasteiger partial charge in [0.05, 0.1) is 15.1 Å². The van der Waals surface area contributed by atoms with E-state index >= 15 is 0 Å². The number of halogens is 3. The molecule has 0 spiro atoms. The highest BCUT2D eigenvalue weighted by Gasteiger charge is 2.08. The summed E-state index contributed by atoms with van der Waals surface area (Å²) in [5, 5.41) is 10.6. The summed E-state index contributed by atoms with van der Waals surface area (Å²) in [6.07, 6.45) is 0. The number of hydrogen-bond acceptors (Lipinski definition) is 1. The smallest absolute Gasteiger partial charge is 0.134 e. The first kappa shape index (κ1) is 11.6. The summed E-state index contributed by atoms with van der Waals surface area (Å²) < 4.78 is 0. The van der Waals surface area contributed by atoms with Gasteiger partial charge in [0.2, 0.25) is 0 Å². The normalized spacial score (nSPS) is 10.4. The summed E-state index contributed by atoms with van der Waals surface area (Å²) in [5.41, 5.74) is 1.60. The maximum absolute atomic E-state index is 9.32. The summed E-state index contributed by atoms with van der Waals surface area (Å²) in [6.45, 7) is 0. The quantitative estimate of drug-likeness (QED) is 0.773. The minimum absolute atomic E-state index is 0.0450. The average Bonchev–Trinajstić information content (AvgIpc) is 2.26. The minimum atomic E-state index is 0.0450. The summed E-state index contributed by atoms with van der Waals surface area (Å²) in [5.74, 6) is 0.0450. The lowest BCUT2D eigenvalue weighted by atomic mass is 10.1. The standard InChI is InChI=1S/C12H7Cl3O/c13-9-3-1-2-8(12(9)15)7-4-5-11(16)10(14)6-7/h1-6,16H. The van der Waals surface area contributed by atoms with Crippen LogP contribution in [0.5, 0.6) is 5.75 Å². The van der Waals surface area contributed by atoms with E-state index in [1.54, 1.807) is 18.2 Å². The molecule has 82 valence electrons. The Morgan fingerprint density at radius 2 is 1.62 bits per heavy atom. The molecule has 0 radical (unpaired) electrons. The molecule has 2 rings (SSSR count).